The van der Waals surface area contributed by atoms with E-state index in [-0.39, 0.29) is 0 Å². The summed E-state index contributed by atoms with van der Waals surface area (Å²) in [6, 6.07) is 3.97. The van der Waals surface area contributed by atoms with Crippen molar-refractivity contribution in [2.45, 2.75) is 26.0 Å². The molecule has 1 atom stereocenters. The van der Waals surface area contributed by atoms with Gasteiger partial charge in [0, 0.05) is 30.7 Å². The van der Waals surface area contributed by atoms with Gasteiger partial charge in [0.1, 0.15) is 11.9 Å². The van der Waals surface area contributed by atoms with Crippen LogP contribution in [0.5, 0.6) is 0 Å². The minimum Gasteiger partial charge on any atom is -0.380 e. The summed E-state index contributed by atoms with van der Waals surface area (Å²) in [5, 5.41) is 12.5. The maximum atomic E-state index is 10.5. The highest BCUT2D eigenvalue weighted by Gasteiger charge is 2.17. The Morgan fingerprint density at radius 2 is 2.32 bits per heavy atom. The molecule has 1 N–H and O–H groups in total. The lowest BCUT2D eigenvalue weighted by atomic mass is 10.1. The molecular weight excluding hydrogens is 258 g/mol. The molecule has 5 heteroatoms. The van der Waals surface area contributed by atoms with E-state index in [1.807, 2.05) is 28.3 Å². The van der Waals surface area contributed by atoms with Crippen LogP contribution in [0.4, 0.5) is 0 Å². The Balaban J connectivity index is 1.97. The van der Waals surface area contributed by atoms with Crippen LogP contribution in [-0.4, -0.2) is 19.6 Å². The monoisotopic (exact) mass is 273 g/mol. The van der Waals surface area contributed by atoms with Gasteiger partial charge in [0.25, 0.3) is 0 Å². The van der Waals surface area contributed by atoms with Gasteiger partial charge in [0.15, 0.2) is 0 Å². The first kappa shape index (κ1) is 12.3. The summed E-state index contributed by atoms with van der Waals surface area (Å²) in [4.78, 5) is 8.63. The van der Waals surface area contributed by atoms with Gasteiger partial charge >= 0.3 is 0 Å². The third-order valence-electron chi connectivity index (χ3n) is 3.10. The van der Waals surface area contributed by atoms with Crippen molar-refractivity contribution in [2.24, 2.45) is 0 Å². The minimum absolute atomic E-state index is 0.680. The largest absolute Gasteiger partial charge is 0.380 e. The Kier molecular flexibility index (Phi) is 3.31. The van der Waals surface area contributed by atoms with Crippen LogP contribution in [0.3, 0.4) is 0 Å². The summed E-state index contributed by atoms with van der Waals surface area (Å²) in [7, 11) is 0. The second kappa shape index (κ2) is 5.11. The van der Waals surface area contributed by atoms with Gasteiger partial charge in [-0.25, -0.2) is 4.98 Å². The topological polar surface area (TPSA) is 50.9 Å². The van der Waals surface area contributed by atoms with Gasteiger partial charge in [-0.3, -0.25) is 4.98 Å². The SMILES string of the molecule is CCCn1ccnc1C(O)c1cnc2ccsc2c1. The van der Waals surface area contributed by atoms with E-state index in [9.17, 15) is 5.11 Å². The first-order valence-electron chi connectivity index (χ1n) is 6.32. The number of rotatable bonds is 4. The maximum Gasteiger partial charge on any atom is 0.142 e. The lowest BCUT2D eigenvalue weighted by molar-refractivity contribution is 0.204. The molecule has 0 spiro atoms. The molecule has 1 unspecified atom stereocenters. The van der Waals surface area contributed by atoms with Crippen LogP contribution >= 0.6 is 11.3 Å². The Morgan fingerprint density at radius 1 is 1.42 bits per heavy atom. The van der Waals surface area contributed by atoms with Crippen molar-refractivity contribution in [2.75, 3.05) is 0 Å². The molecule has 3 aromatic rings. The van der Waals surface area contributed by atoms with Crippen molar-refractivity contribution in [3.8, 4) is 0 Å². The molecule has 0 aromatic carbocycles. The third-order valence-corrected chi connectivity index (χ3v) is 3.95. The Morgan fingerprint density at radius 3 is 3.16 bits per heavy atom. The van der Waals surface area contributed by atoms with Crippen LogP contribution in [0.1, 0.15) is 30.8 Å². The molecule has 3 aromatic heterocycles. The number of nitrogens with zero attached hydrogens (tertiary/aromatic N) is 3. The molecule has 98 valence electrons. The Labute approximate surface area is 115 Å². The normalized spacial score (nSPS) is 12.9. The van der Waals surface area contributed by atoms with Crippen molar-refractivity contribution in [1.29, 1.82) is 0 Å². The summed E-state index contributed by atoms with van der Waals surface area (Å²) >= 11 is 1.63. The fourth-order valence-electron chi connectivity index (χ4n) is 2.16. The van der Waals surface area contributed by atoms with Crippen molar-refractivity contribution < 1.29 is 5.11 Å². The van der Waals surface area contributed by atoms with Gasteiger partial charge < -0.3 is 9.67 Å². The zero-order valence-electron chi connectivity index (χ0n) is 10.7. The number of hydrogen-bond acceptors (Lipinski definition) is 4. The number of pyridine rings is 1. The molecule has 19 heavy (non-hydrogen) atoms. The van der Waals surface area contributed by atoms with Gasteiger partial charge in [0.05, 0.1) is 10.2 Å². The second-order valence-corrected chi connectivity index (χ2v) is 5.40. The first-order valence-corrected chi connectivity index (χ1v) is 7.20. The number of aromatic nitrogens is 3. The van der Waals surface area contributed by atoms with Crippen LogP contribution in [0.2, 0.25) is 0 Å². The molecule has 0 fully saturated rings. The molecule has 0 saturated carbocycles. The zero-order chi connectivity index (χ0) is 13.2. The predicted octanol–water partition coefficient (Wildman–Crippen LogP) is 2.98. The van der Waals surface area contributed by atoms with Crippen LogP contribution in [-0.2, 0) is 6.54 Å². The second-order valence-electron chi connectivity index (χ2n) is 4.45. The number of imidazole rings is 1. The van der Waals surface area contributed by atoms with E-state index < -0.39 is 6.10 Å². The number of aliphatic hydroxyl groups is 1. The van der Waals surface area contributed by atoms with E-state index in [4.69, 9.17) is 0 Å². The molecule has 0 amide bonds. The first-order chi connectivity index (χ1) is 9.29. The van der Waals surface area contributed by atoms with E-state index in [1.54, 1.807) is 23.7 Å². The number of aliphatic hydroxyl groups excluding tert-OH is 1. The summed E-state index contributed by atoms with van der Waals surface area (Å²) in [5.74, 6) is 0.680. The highest BCUT2D eigenvalue weighted by atomic mass is 32.1. The minimum atomic E-state index is -0.722. The van der Waals surface area contributed by atoms with E-state index in [1.165, 1.54) is 0 Å². The lowest BCUT2D eigenvalue weighted by Crippen LogP contribution is -2.09. The molecule has 3 rings (SSSR count). The standard InChI is InChI=1S/C14H15N3OS/c1-2-5-17-6-4-15-14(17)13(18)10-8-12-11(16-9-10)3-7-19-12/h3-4,6-9,13,18H,2,5H2,1H3. The molecule has 0 aliphatic rings. The third kappa shape index (κ3) is 2.27. The average molecular weight is 273 g/mol. The van der Waals surface area contributed by atoms with E-state index >= 15 is 0 Å². The van der Waals surface area contributed by atoms with Crippen LogP contribution in [0.25, 0.3) is 10.2 Å². The Hall–Kier alpha value is -1.72. The lowest BCUT2D eigenvalue weighted by Gasteiger charge is -2.12. The summed E-state index contributed by atoms with van der Waals surface area (Å²) in [6.45, 7) is 2.97. The predicted molar refractivity (Wildman–Crippen MR) is 76.2 cm³/mol. The van der Waals surface area contributed by atoms with Gasteiger partial charge in [0.2, 0.25) is 0 Å². The molecule has 3 heterocycles. The quantitative estimate of drug-likeness (QED) is 0.795. The average Bonchev–Trinajstić information content (AvgIpc) is 3.05. The highest BCUT2D eigenvalue weighted by molar-refractivity contribution is 7.17. The number of thiophene rings is 1. The molecule has 0 bridgehead atoms. The van der Waals surface area contributed by atoms with Crippen molar-refractivity contribution >= 4 is 21.6 Å². The summed E-state index contributed by atoms with van der Waals surface area (Å²) < 4.78 is 3.08. The molecule has 0 aliphatic heterocycles. The zero-order valence-corrected chi connectivity index (χ0v) is 11.5. The highest BCUT2D eigenvalue weighted by Crippen LogP contribution is 2.25. The van der Waals surface area contributed by atoms with Gasteiger partial charge in [-0.05, 0) is 23.9 Å². The van der Waals surface area contributed by atoms with E-state index in [0.717, 1.165) is 28.7 Å². The van der Waals surface area contributed by atoms with Crippen molar-refractivity contribution in [3.63, 3.8) is 0 Å². The van der Waals surface area contributed by atoms with Gasteiger partial charge in [-0.1, -0.05) is 6.92 Å². The fourth-order valence-corrected chi connectivity index (χ4v) is 2.95. The van der Waals surface area contributed by atoms with Crippen molar-refractivity contribution in [1.82, 2.24) is 14.5 Å². The molecule has 0 aliphatic carbocycles. The smallest absolute Gasteiger partial charge is 0.142 e. The van der Waals surface area contributed by atoms with E-state index in [2.05, 4.69) is 16.9 Å². The van der Waals surface area contributed by atoms with Crippen LogP contribution in [0.15, 0.2) is 36.1 Å². The molecule has 4 nitrogen and oxygen atoms in total. The van der Waals surface area contributed by atoms with Crippen molar-refractivity contribution in [3.05, 3.63) is 47.5 Å². The molecular formula is C14H15N3OS. The summed E-state index contributed by atoms with van der Waals surface area (Å²) in [5.41, 5.74) is 1.76. The number of aryl methyl sites for hydroxylation is 1. The van der Waals surface area contributed by atoms with Crippen LogP contribution in [0, 0.1) is 0 Å². The van der Waals surface area contributed by atoms with Gasteiger partial charge in [-0.15, -0.1) is 11.3 Å². The Bertz CT molecular complexity index is 689. The van der Waals surface area contributed by atoms with Crippen LogP contribution < -0.4 is 0 Å². The summed E-state index contributed by atoms with van der Waals surface area (Å²) in [6.07, 6.45) is 5.65. The number of fused-ring (bicyclic) bond motifs is 1. The molecule has 0 saturated heterocycles. The maximum absolute atomic E-state index is 10.5. The fraction of sp³-hybridized carbons (Fsp3) is 0.286. The van der Waals surface area contributed by atoms with Gasteiger partial charge in [-0.2, -0.15) is 0 Å². The number of hydrogen-bond donors (Lipinski definition) is 1. The molecule has 0 radical (unpaired) electrons. The van der Waals surface area contributed by atoms with E-state index in [0.29, 0.717) is 5.82 Å².